The first-order valence-electron chi connectivity index (χ1n) is 13.2. The minimum Gasteiger partial charge on any atom is -0.481 e. The lowest BCUT2D eigenvalue weighted by molar-refractivity contribution is -0.137. The largest absolute Gasteiger partial charge is 0.481 e. The number of rotatable bonds is 11. The Hall–Kier alpha value is -4.85. The standard InChI is InChI=1S/C33H30F2N2O4/c1-22(23-10-3-2-4-11-23)21-37(19-18-31(38)39)33(41)27-15-8-6-13-25(27)24-12-5-7-14-26(24)32(40)36-20-28-29(34)16-9-17-30(28)35/h2-17,22H,18-21H2,1H3,(H,36,40)(H,38,39). The molecular formula is C33H30F2N2O4. The number of amides is 2. The van der Waals surface area contributed by atoms with Crippen molar-refractivity contribution in [1.82, 2.24) is 10.2 Å². The Balaban J connectivity index is 1.64. The molecule has 4 rings (SSSR count). The fourth-order valence-corrected chi connectivity index (χ4v) is 4.68. The van der Waals surface area contributed by atoms with Gasteiger partial charge in [-0.25, -0.2) is 8.78 Å². The van der Waals surface area contributed by atoms with Gasteiger partial charge in [0.05, 0.1) is 6.42 Å². The molecule has 0 saturated carbocycles. The van der Waals surface area contributed by atoms with Gasteiger partial charge in [0.2, 0.25) is 0 Å². The summed E-state index contributed by atoms with van der Waals surface area (Å²) in [5, 5.41) is 11.9. The van der Waals surface area contributed by atoms with E-state index in [1.165, 1.54) is 11.0 Å². The SMILES string of the molecule is CC(CN(CCC(=O)O)C(=O)c1ccccc1-c1ccccc1C(=O)NCc1c(F)cccc1F)c1ccccc1. The summed E-state index contributed by atoms with van der Waals surface area (Å²) in [6, 6.07) is 26.6. The molecule has 0 aliphatic rings. The molecule has 4 aromatic rings. The predicted octanol–water partition coefficient (Wildman–Crippen LogP) is 6.28. The summed E-state index contributed by atoms with van der Waals surface area (Å²) in [5.74, 6) is -3.53. The molecule has 41 heavy (non-hydrogen) atoms. The third-order valence-electron chi connectivity index (χ3n) is 6.85. The lowest BCUT2D eigenvalue weighted by Gasteiger charge is -2.27. The molecule has 0 radical (unpaired) electrons. The number of hydrogen-bond acceptors (Lipinski definition) is 3. The highest BCUT2D eigenvalue weighted by atomic mass is 19.1. The van der Waals surface area contributed by atoms with E-state index < -0.39 is 23.5 Å². The maximum atomic E-state index is 14.1. The van der Waals surface area contributed by atoms with Gasteiger partial charge in [0.15, 0.2) is 0 Å². The Labute approximate surface area is 237 Å². The zero-order chi connectivity index (χ0) is 29.4. The van der Waals surface area contributed by atoms with E-state index >= 15 is 0 Å². The number of halogens is 2. The predicted molar refractivity (Wildman–Crippen MR) is 152 cm³/mol. The van der Waals surface area contributed by atoms with E-state index in [-0.39, 0.29) is 42.5 Å². The van der Waals surface area contributed by atoms with Crippen molar-refractivity contribution in [2.24, 2.45) is 0 Å². The number of carbonyl (C=O) groups excluding carboxylic acids is 2. The Bertz CT molecular complexity index is 1520. The monoisotopic (exact) mass is 556 g/mol. The van der Waals surface area contributed by atoms with E-state index in [0.29, 0.717) is 23.2 Å². The number of hydrogen-bond donors (Lipinski definition) is 2. The van der Waals surface area contributed by atoms with Crippen LogP contribution in [0.1, 0.15) is 51.1 Å². The molecule has 2 N–H and O–H groups in total. The highest BCUT2D eigenvalue weighted by molar-refractivity contribution is 6.06. The van der Waals surface area contributed by atoms with Gasteiger partial charge in [0.1, 0.15) is 11.6 Å². The van der Waals surface area contributed by atoms with E-state index in [0.717, 1.165) is 17.7 Å². The van der Waals surface area contributed by atoms with Crippen molar-refractivity contribution in [3.8, 4) is 11.1 Å². The first kappa shape index (κ1) is 29.1. The lowest BCUT2D eigenvalue weighted by atomic mass is 9.93. The summed E-state index contributed by atoms with van der Waals surface area (Å²) < 4.78 is 28.2. The van der Waals surface area contributed by atoms with E-state index in [2.05, 4.69) is 5.32 Å². The van der Waals surface area contributed by atoms with Crippen molar-refractivity contribution in [1.29, 1.82) is 0 Å². The van der Waals surface area contributed by atoms with Crippen LogP contribution in [0.5, 0.6) is 0 Å². The molecule has 0 aliphatic carbocycles. The zero-order valence-corrected chi connectivity index (χ0v) is 22.5. The fourth-order valence-electron chi connectivity index (χ4n) is 4.68. The molecule has 210 valence electrons. The van der Waals surface area contributed by atoms with Crippen LogP contribution in [0.3, 0.4) is 0 Å². The minimum atomic E-state index is -1.02. The molecule has 0 fully saturated rings. The van der Waals surface area contributed by atoms with Gasteiger partial charge in [-0.3, -0.25) is 14.4 Å². The van der Waals surface area contributed by atoms with Crippen molar-refractivity contribution >= 4 is 17.8 Å². The molecule has 1 unspecified atom stereocenters. The molecular weight excluding hydrogens is 526 g/mol. The van der Waals surface area contributed by atoms with Gasteiger partial charge in [-0.15, -0.1) is 0 Å². The van der Waals surface area contributed by atoms with Gasteiger partial charge in [0, 0.05) is 36.3 Å². The molecule has 0 bridgehead atoms. The molecule has 0 heterocycles. The number of nitrogens with one attached hydrogen (secondary N) is 1. The summed E-state index contributed by atoms with van der Waals surface area (Å²) in [6.07, 6.45) is -0.221. The van der Waals surface area contributed by atoms with Crippen molar-refractivity contribution in [3.05, 3.63) is 131 Å². The van der Waals surface area contributed by atoms with Crippen LogP contribution in [0.15, 0.2) is 97.1 Å². The van der Waals surface area contributed by atoms with Crippen LogP contribution in [-0.4, -0.2) is 40.9 Å². The van der Waals surface area contributed by atoms with E-state index in [1.807, 2.05) is 37.3 Å². The summed E-state index contributed by atoms with van der Waals surface area (Å²) >= 11 is 0. The minimum absolute atomic E-state index is 0.00993. The fraction of sp³-hybridized carbons (Fsp3) is 0.182. The normalized spacial score (nSPS) is 11.5. The number of benzene rings is 4. The lowest BCUT2D eigenvalue weighted by Crippen LogP contribution is -2.36. The third kappa shape index (κ3) is 7.22. The van der Waals surface area contributed by atoms with Gasteiger partial charge in [-0.1, -0.05) is 79.7 Å². The summed E-state index contributed by atoms with van der Waals surface area (Å²) in [5.41, 5.74) is 2.22. The molecule has 0 spiro atoms. The van der Waals surface area contributed by atoms with Crippen molar-refractivity contribution in [2.45, 2.75) is 25.8 Å². The Morgan fingerprint density at radius 1 is 0.780 bits per heavy atom. The molecule has 0 aromatic heterocycles. The average Bonchev–Trinajstić information content (AvgIpc) is 2.98. The molecule has 4 aromatic carbocycles. The van der Waals surface area contributed by atoms with Crippen LogP contribution in [-0.2, 0) is 11.3 Å². The Morgan fingerprint density at radius 2 is 1.34 bits per heavy atom. The van der Waals surface area contributed by atoms with Gasteiger partial charge >= 0.3 is 5.97 Å². The number of carbonyl (C=O) groups is 3. The maximum absolute atomic E-state index is 14.1. The van der Waals surface area contributed by atoms with E-state index in [1.54, 1.807) is 48.5 Å². The van der Waals surface area contributed by atoms with Crippen LogP contribution in [0.25, 0.3) is 11.1 Å². The molecule has 1 atom stereocenters. The Morgan fingerprint density at radius 3 is 1.98 bits per heavy atom. The van der Waals surface area contributed by atoms with Crippen LogP contribution in [0, 0.1) is 11.6 Å². The number of carboxylic acids is 1. The van der Waals surface area contributed by atoms with Crippen molar-refractivity contribution < 1.29 is 28.3 Å². The molecule has 0 saturated heterocycles. The van der Waals surface area contributed by atoms with Gasteiger partial charge in [0.25, 0.3) is 11.8 Å². The smallest absolute Gasteiger partial charge is 0.305 e. The molecule has 0 aliphatic heterocycles. The highest BCUT2D eigenvalue weighted by Crippen LogP contribution is 2.29. The van der Waals surface area contributed by atoms with Crippen LogP contribution in [0.4, 0.5) is 8.78 Å². The number of carboxylic acid groups (broad SMARTS) is 1. The maximum Gasteiger partial charge on any atom is 0.305 e. The van der Waals surface area contributed by atoms with Crippen LogP contribution >= 0.6 is 0 Å². The highest BCUT2D eigenvalue weighted by Gasteiger charge is 2.24. The molecule has 2 amide bonds. The molecule has 6 nitrogen and oxygen atoms in total. The van der Waals surface area contributed by atoms with Gasteiger partial charge in [-0.05, 0) is 46.9 Å². The quantitative estimate of drug-likeness (QED) is 0.228. The van der Waals surface area contributed by atoms with Crippen LogP contribution in [0.2, 0.25) is 0 Å². The average molecular weight is 557 g/mol. The summed E-state index contributed by atoms with van der Waals surface area (Å²) in [7, 11) is 0. The van der Waals surface area contributed by atoms with Crippen molar-refractivity contribution in [3.63, 3.8) is 0 Å². The second kappa shape index (κ2) is 13.5. The molecule has 8 heteroatoms. The Kier molecular flexibility index (Phi) is 9.58. The summed E-state index contributed by atoms with van der Waals surface area (Å²) in [6.45, 7) is 1.92. The first-order valence-corrected chi connectivity index (χ1v) is 13.2. The first-order chi connectivity index (χ1) is 19.8. The topological polar surface area (TPSA) is 86.7 Å². The van der Waals surface area contributed by atoms with E-state index in [9.17, 15) is 28.3 Å². The van der Waals surface area contributed by atoms with E-state index in [4.69, 9.17) is 0 Å². The van der Waals surface area contributed by atoms with Gasteiger partial charge < -0.3 is 15.3 Å². The second-order valence-corrected chi connectivity index (χ2v) is 9.68. The summed E-state index contributed by atoms with van der Waals surface area (Å²) in [4.78, 5) is 40.1. The number of nitrogens with zero attached hydrogens (tertiary/aromatic N) is 1. The third-order valence-corrected chi connectivity index (χ3v) is 6.85. The van der Waals surface area contributed by atoms with Crippen LogP contribution < -0.4 is 5.32 Å². The zero-order valence-electron chi connectivity index (χ0n) is 22.5. The van der Waals surface area contributed by atoms with Crippen molar-refractivity contribution in [2.75, 3.05) is 13.1 Å². The second-order valence-electron chi connectivity index (χ2n) is 9.68. The number of aliphatic carboxylic acids is 1. The van der Waals surface area contributed by atoms with Gasteiger partial charge in [-0.2, -0.15) is 0 Å².